The van der Waals surface area contributed by atoms with Crippen molar-refractivity contribution < 1.29 is 30.8 Å². The molecule has 0 aliphatic carbocycles. The number of hydrogen-bond donors (Lipinski definition) is 2. The van der Waals surface area contributed by atoms with Crippen LogP contribution >= 0.6 is 15.9 Å². The number of halogens is 4. The number of hydrogen-bond acceptors (Lipinski definition) is 5. The van der Waals surface area contributed by atoms with Gasteiger partial charge in [0.1, 0.15) is 17.1 Å². The summed E-state index contributed by atoms with van der Waals surface area (Å²) in [5.41, 5.74) is -3.14. The molecule has 0 saturated heterocycles. The van der Waals surface area contributed by atoms with Gasteiger partial charge in [-0.05, 0) is 58.6 Å². The summed E-state index contributed by atoms with van der Waals surface area (Å²) in [6, 6.07) is 11.1. The van der Waals surface area contributed by atoms with Gasteiger partial charge in [-0.15, -0.1) is 0 Å². The van der Waals surface area contributed by atoms with Gasteiger partial charge in [0.25, 0.3) is 5.91 Å². The van der Waals surface area contributed by atoms with Crippen LogP contribution in [0.3, 0.4) is 0 Å². The normalized spacial score (nSPS) is 12.2. The molecule has 0 atom stereocenters. The fourth-order valence-corrected chi connectivity index (χ4v) is 5.49. The van der Waals surface area contributed by atoms with E-state index in [-0.39, 0.29) is 22.9 Å². The van der Waals surface area contributed by atoms with Crippen molar-refractivity contribution in [2.24, 2.45) is 0 Å². The van der Waals surface area contributed by atoms with Crippen molar-refractivity contribution in [2.75, 3.05) is 11.8 Å². The van der Waals surface area contributed by atoms with Crippen molar-refractivity contribution in [1.82, 2.24) is 14.9 Å². The minimum absolute atomic E-state index is 0.129. The van der Waals surface area contributed by atoms with E-state index in [2.05, 4.69) is 21.2 Å². The number of rotatable bonds is 9. The van der Waals surface area contributed by atoms with E-state index < -0.39 is 15.5 Å². The molecule has 0 saturated carbocycles. The Morgan fingerprint density at radius 3 is 2.51 bits per heavy atom. The second-order valence-electron chi connectivity index (χ2n) is 8.76. The Morgan fingerprint density at radius 2 is 1.87 bits per heavy atom. The zero-order valence-corrected chi connectivity index (χ0v) is 23.7. The molecule has 1 amide bonds. The summed E-state index contributed by atoms with van der Waals surface area (Å²) in [5.74, 6) is 0.731. The van der Waals surface area contributed by atoms with Crippen molar-refractivity contribution in [3.8, 4) is 11.3 Å². The van der Waals surface area contributed by atoms with Crippen LogP contribution in [0.2, 0.25) is 0 Å². The predicted molar refractivity (Wildman–Crippen MR) is 146 cm³/mol. The number of aromatic nitrogens is 2. The van der Waals surface area contributed by atoms with Gasteiger partial charge in [-0.2, -0.15) is 21.6 Å². The summed E-state index contributed by atoms with van der Waals surface area (Å²) in [5, 5.41) is 3.32. The maximum absolute atomic E-state index is 13.0. The lowest BCUT2D eigenvalue weighted by molar-refractivity contribution is -0.0429. The van der Waals surface area contributed by atoms with Crippen molar-refractivity contribution in [3.63, 3.8) is 0 Å². The zero-order valence-electron chi connectivity index (χ0n) is 21.3. The molecule has 208 valence electrons. The number of nitrogens with zero attached hydrogens (tertiary/aromatic N) is 2. The van der Waals surface area contributed by atoms with Crippen LogP contribution in [-0.2, 0) is 29.4 Å². The van der Waals surface area contributed by atoms with Crippen LogP contribution in [0.25, 0.3) is 22.3 Å². The zero-order chi connectivity index (χ0) is 28.5. The van der Waals surface area contributed by atoms with E-state index in [1.807, 2.05) is 30.5 Å². The van der Waals surface area contributed by atoms with Crippen molar-refractivity contribution in [2.45, 2.75) is 45.2 Å². The number of fused-ring (bicyclic) bond motifs is 1. The largest absolute Gasteiger partial charge is 0.516 e. The van der Waals surface area contributed by atoms with Crippen LogP contribution in [0.15, 0.2) is 51.4 Å². The van der Waals surface area contributed by atoms with Gasteiger partial charge < -0.3 is 14.3 Å². The summed E-state index contributed by atoms with van der Waals surface area (Å²) >= 11 is 3.49. The number of sulfonamides is 1. The average molecular weight is 627 g/mol. The van der Waals surface area contributed by atoms with Crippen LogP contribution in [0.5, 0.6) is 0 Å². The molecule has 0 bridgehead atoms. The molecule has 8 nitrogen and oxygen atoms in total. The third-order valence-corrected chi connectivity index (χ3v) is 8.01. The maximum Gasteiger partial charge on any atom is 0.516 e. The molecule has 2 aromatic heterocycles. The standard InChI is InChI=1S/C26H26BrF3N4O4S/c1-4-8-21-32-18(5-2)23(25(35)31-3)34(21)14-15-11-12-20-17(13-15)22(27)24(38-20)16-9-6-7-10-19(16)33-39(36,37)26(28,29)30/h6-7,9-13,33H,4-5,8,14H2,1-3H3,(H,31,35). The summed E-state index contributed by atoms with van der Waals surface area (Å²) in [6.45, 7) is 4.33. The molecule has 2 N–H and O–H groups in total. The quantitative estimate of drug-likeness (QED) is 0.229. The first-order valence-electron chi connectivity index (χ1n) is 12.1. The van der Waals surface area contributed by atoms with Gasteiger partial charge in [-0.25, -0.2) is 4.98 Å². The monoisotopic (exact) mass is 626 g/mol. The fourth-order valence-electron chi connectivity index (χ4n) is 4.30. The highest BCUT2D eigenvalue weighted by Crippen LogP contribution is 2.42. The smallest absolute Gasteiger partial charge is 0.455 e. The Balaban J connectivity index is 1.78. The fraction of sp³-hybridized carbons (Fsp3) is 0.308. The lowest BCUT2D eigenvalue weighted by Crippen LogP contribution is -2.30. The first kappa shape index (κ1) is 28.7. The molecule has 0 spiro atoms. The van der Waals surface area contributed by atoms with Crippen LogP contribution < -0.4 is 10.0 Å². The lowest BCUT2D eigenvalue weighted by Gasteiger charge is -2.13. The third kappa shape index (κ3) is 5.55. The number of benzene rings is 2. The molecule has 0 aliphatic heterocycles. The summed E-state index contributed by atoms with van der Waals surface area (Å²) in [4.78, 5) is 17.4. The molecule has 2 aromatic carbocycles. The molecule has 0 aliphatic rings. The molecule has 13 heteroatoms. The Morgan fingerprint density at radius 1 is 1.15 bits per heavy atom. The molecule has 2 heterocycles. The second kappa shape index (κ2) is 11.0. The predicted octanol–water partition coefficient (Wildman–Crippen LogP) is 6.24. The van der Waals surface area contributed by atoms with E-state index in [9.17, 15) is 26.4 Å². The van der Waals surface area contributed by atoms with E-state index in [0.29, 0.717) is 46.2 Å². The first-order valence-corrected chi connectivity index (χ1v) is 14.4. The third-order valence-electron chi connectivity index (χ3n) is 6.12. The van der Waals surface area contributed by atoms with E-state index in [0.717, 1.165) is 17.8 Å². The minimum Gasteiger partial charge on any atom is -0.455 e. The topological polar surface area (TPSA) is 106 Å². The number of nitrogens with one attached hydrogen (secondary N) is 2. The van der Waals surface area contributed by atoms with Gasteiger partial charge in [-0.1, -0.05) is 32.0 Å². The minimum atomic E-state index is -5.64. The molecular weight excluding hydrogens is 601 g/mol. The number of aryl methyl sites for hydroxylation is 2. The van der Waals surface area contributed by atoms with Gasteiger partial charge in [0.05, 0.1) is 15.9 Å². The van der Waals surface area contributed by atoms with Crippen LogP contribution in [0.1, 0.15) is 47.8 Å². The summed E-state index contributed by atoms with van der Waals surface area (Å²) in [7, 11) is -4.07. The van der Waals surface area contributed by atoms with E-state index >= 15 is 0 Å². The number of carbonyl (C=O) groups excluding carboxylic acids is 1. The van der Waals surface area contributed by atoms with Gasteiger partial charge in [0.15, 0.2) is 5.76 Å². The average Bonchev–Trinajstić information content (AvgIpc) is 3.40. The number of furan rings is 1. The van der Waals surface area contributed by atoms with Gasteiger partial charge in [0.2, 0.25) is 0 Å². The molecule has 0 radical (unpaired) electrons. The van der Waals surface area contributed by atoms with E-state index in [1.165, 1.54) is 18.2 Å². The Labute approximate surface area is 231 Å². The highest BCUT2D eigenvalue weighted by atomic mass is 79.9. The number of anilines is 1. The summed E-state index contributed by atoms with van der Waals surface area (Å²) < 4.78 is 72.5. The molecule has 0 fully saturated rings. The number of amides is 1. The highest BCUT2D eigenvalue weighted by Gasteiger charge is 2.46. The molecule has 4 aromatic rings. The SMILES string of the molecule is CCCc1nc(CC)c(C(=O)NC)n1Cc1ccc2oc(-c3ccccc3NS(=O)(=O)C(F)(F)F)c(Br)c2c1. The lowest BCUT2D eigenvalue weighted by atomic mass is 10.1. The first-order chi connectivity index (χ1) is 18.4. The number of imidazole rings is 1. The Kier molecular flexibility index (Phi) is 8.12. The molecule has 0 unspecified atom stereocenters. The number of para-hydroxylation sites is 1. The number of carbonyl (C=O) groups is 1. The molecular formula is C26H26BrF3N4O4S. The number of alkyl halides is 3. The highest BCUT2D eigenvalue weighted by molar-refractivity contribution is 9.10. The maximum atomic E-state index is 13.0. The Hall–Kier alpha value is -3.32. The van der Waals surface area contributed by atoms with Crippen molar-refractivity contribution in [1.29, 1.82) is 0 Å². The second-order valence-corrected chi connectivity index (χ2v) is 11.2. The van der Waals surface area contributed by atoms with Gasteiger partial charge >= 0.3 is 15.5 Å². The van der Waals surface area contributed by atoms with E-state index in [1.54, 1.807) is 23.9 Å². The molecule has 4 rings (SSSR count). The van der Waals surface area contributed by atoms with Crippen LogP contribution in [0.4, 0.5) is 18.9 Å². The van der Waals surface area contributed by atoms with Crippen LogP contribution in [0, 0.1) is 0 Å². The summed E-state index contributed by atoms with van der Waals surface area (Å²) in [6.07, 6.45) is 2.14. The van der Waals surface area contributed by atoms with Gasteiger partial charge in [-0.3, -0.25) is 9.52 Å². The Bertz CT molecular complexity index is 1640. The van der Waals surface area contributed by atoms with Gasteiger partial charge in [0, 0.05) is 31.0 Å². The van der Waals surface area contributed by atoms with E-state index in [4.69, 9.17) is 9.40 Å². The molecule has 39 heavy (non-hydrogen) atoms. The van der Waals surface area contributed by atoms with Crippen molar-refractivity contribution >= 4 is 48.5 Å². The van der Waals surface area contributed by atoms with Crippen molar-refractivity contribution in [3.05, 3.63) is 69.7 Å². The van der Waals surface area contributed by atoms with Crippen LogP contribution in [-0.4, -0.2) is 36.4 Å².